The van der Waals surface area contributed by atoms with Crippen LogP contribution in [0.3, 0.4) is 0 Å². The summed E-state index contributed by atoms with van der Waals surface area (Å²) in [6, 6.07) is 2.16. The normalized spacial score (nSPS) is 38.7. The van der Waals surface area contributed by atoms with E-state index in [1.54, 1.807) is 6.08 Å². The lowest BCUT2D eigenvalue weighted by atomic mass is 9.51. The Hall–Kier alpha value is -2.87. The van der Waals surface area contributed by atoms with Gasteiger partial charge in [-0.3, -0.25) is 9.59 Å². The quantitative estimate of drug-likeness (QED) is 0.516. The number of carbonyl (C=O) groups is 3. The molecule has 4 fully saturated rings. The van der Waals surface area contributed by atoms with Gasteiger partial charge in [-0.15, -0.1) is 0 Å². The zero-order valence-corrected chi connectivity index (χ0v) is 18.1. The third-order valence-electron chi connectivity index (χ3n) is 8.44. The van der Waals surface area contributed by atoms with Gasteiger partial charge < -0.3 is 25.4 Å². The van der Waals surface area contributed by atoms with Crippen LogP contribution >= 0.6 is 0 Å². The monoisotopic (exact) mass is 441 g/mol. The fourth-order valence-corrected chi connectivity index (χ4v) is 7.09. The van der Waals surface area contributed by atoms with E-state index in [0.29, 0.717) is 5.92 Å². The summed E-state index contributed by atoms with van der Waals surface area (Å²) in [5, 5.41) is 31.7. The number of carboxylic acids is 1. The van der Waals surface area contributed by atoms with Gasteiger partial charge in [0.1, 0.15) is 17.0 Å². The van der Waals surface area contributed by atoms with Crippen molar-refractivity contribution in [1.82, 2.24) is 0 Å². The Morgan fingerprint density at radius 3 is 2.69 bits per heavy atom. The van der Waals surface area contributed by atoms with Gasteiger partial charge in [0.05, 0.1) is 11.7 Å². The molecule has 4 bridgehead atoms. The number of ether oxygens (including phenoxy) is 1. The van der Waals surface area contributed by atoms with Crippen LogP contribution in [0.25, 0.3) is 0 Å². The molecule has 5 aliphatic rings. The lowest BCUT2D eigenvalue weighted by Gasteiger charge is -2.55. The molecule has 2 aliphatic heterocycles. The number of nitrogens with one attached hydrogen (secondary N) is 1. The van der Waals surface area contributed by atoms with Crippen molar-refractivity contribution in [3.63, 3.8) is 0 Å². The standard InChI is InChI=1S/C24H27NO7/c1-22(7-6-17(28)25-18-14(26)4-3-13(19(18)29)21(30)31)16(27)5-8-24-10-12-9-15(20(22)24)32-23(12,2)11-24/h3-5,8,12,15,20,26,29H,6-7,9-11H2,1-2H3,(H,25,28)(H,30,31)/t12-,15+,20+,22-,23+,24+/m0/s1. The smallest absolute Gasteiger partial charge is 0.339 e. The van der Waals surface area contributed by atoms with Crippen LogP contribution in [0.2, 0.25) is 0 Å². The number of carbonyl (C=O) groups excluding carboxylic acids is 2. The third kappa shape index (κ3) is 2.75. The molecule has 2 saturated carbocycles. The number of aromatic hydroxyl groups is 2. The van der Waals surface area contributed by atoms with Gasteiger partial charge in [0, 0.05) is 17.8 Å². The van der Waals surface area contributed by atoms with Gasteiger partial charge in [0.25, 0.3) is 0 Å². The van der Waals surface area contributed by atoms with Crippen molar-refractivity contribution >= 4 is 23.3 Å². The van der Waals surface area contributed by atoms with Crippen LogP contribution in [0.1, 0.15) is 56.3 Å². The minimum absolute atomic E-state index is 0.00395. The van der Waals surface area contributed by atoms with Gasteiger partial charge in [-0.25, -0.2) is 4.79 Å². The average molecular weight is 441 g/mol. The first-order chi connectivity index (χ1) is 15.0. The fraction of sp³-hybridized carbons (Fsp3) is 0.542. The molecular weight excluding hydrogens is 414 g/mol. The van der Waals surface area contributed by atoms with Crippen LogP contribution in [0.15, 0.2) is 24.3 Å². The molecule has 1 aromatic carbocycles. The first-order valence-electron chi connectivity index (χ1n) is 11.0. The Morgan fingerprint density at radius 2 is 2.00 bits per heavy atom. The number of hydrogen-bond acceptors (Lipinski definition) is 6. The number of anilines is 1. The van der Waals surface area contributed by atoms with Crippen molar-refractivity contribution in [2.45, 2.75) is 57.7 Å². The molecule has 1 aromatic rings. The molecule has 1 spiro atoms. The van der Waals surface area contributed by atoms with E-state index in [1.807, 2.05) is 6.92 Å². The zero-order chi connectivity index (χ0) is 23.1. The van der Waals surface area contributed by atoms with E-state index in [2.05, 4.69) is 18.3 Å². The number of aromatic carboxylic acids is 1. The van der Waals surface area contributed by atoms with Crippen molar-refractivity contribution in [2.24, 2.45) is 22.7 Å². The van der Waals surface area contributed by atoms with Crippen LogP contribution < -0.4 is 5.32 Å². The number of amides is 1. The molecule has 0 aromatic heterocycles. The van der Waals surface area contributed by atoms with E-state index in [4.69, 9.17) is 9.84 Å². The Morgan fingerprint density at radius 1 is 1.25 bits per heavy atom. The first-order valence-corrected chi connectivity index (χ1v) is 11.0. The lowest BCUT2D eigenvalue weighted by Crippen LogP contribution is -2.56. The van der Waals surface area contributed by atoms with Crippen LogP contribution in [0, 0.1) is 22.7 Å². The molecule has 1 amide bonds. The predicted octanol–water partition coefficient (Wildman–Crippen LogP) is 3.23. The fourth-order valence-electron chi connectivity index (χ4n) is 7.09. The number of hydrogen-bond donors (Lipinski definition) is 4. The van der Waals surface area contributed by atoms with Gasteiger partial charge in [0.15, 0.2) is 11.5 Å². The molecule has 2 heterocycles. The highest BCUT2D eigenvalue weighted by Gasteiger charge is 2.71. The molecule has 6 atom stereocenters. The van der Waals surface area contributed by atoms with E-state index in [0.717, 1.165) is 31.4 Å². The summed E-state index contributed by atoms with van der Waals surface area (Å²) in [7, 11) is 0. The Balaban J connectivity index is 1.36. The summed E-state index contributed by atoms with van der Waals surface area (Å²) in [6.07, 6.45) is 6.86. The molecule has 2 saturated heterocycles. The molecule has 0 radical (unpaired) electrons. The third-order valence-corrected chi connectivity index (χ3v) is 8.44. The maximum atomic E-state index is 13.1. The van der Waals surface area contributed by atoms with Gasteiger partial charge in [-0.1, -0.05) is 13.0 Å². The van der Waals surface area contributed by atoms with Crippen molar-refractivity contribution in [3.05, 3.63) is 29.8 Å². The average Bonchev–Trinajstić information content (AvgIpc) is 3.08. The number of phenolic OH excluding ortho intramolecular Hbond substituents is 1. The Bertz CT molecular complexity index is 1080. The minimum atomic E-state index is -1.38. The molecule has 8 nitrogen and oxygen atoms in total. The zero-order valence-electron chi connectivity index (χ0n) is 18.1. The number of phenols is 2. The van der Waals surface area contributed by atoms with E-state index < -0.39 is 34.4 Å². The maximum absolute atomic E-state index is 13.1. The summed E-state index contributed by atoms with van der Waals surface area (Å²) in [4.78, 5) is 37.0. The summed E-state index contributed by atoms with van der Waals surface area (Å²) in [5.74, 6) is -2.55. The van der Waals surface area contributed by atoms with Crippen LogP contribution in [0.5, 0.6) is 11.5 Å². The van der Waals surface area contributed by atoms with Crippen molar-refractivity contribution in [1.29, 1.82) is 0 Å². The van der Waals surface area contributed by atoms with E-state index in [1.165, 1.54) is 0 Å². The van der Waals surface area contributed by atoms with Crippen molar-refractivity contribution in [3.8, 4) is 11.5 Å². The number of allylic oxidation sites excluding steroid dienone is 2. The highest BCUT2D eigenvalue weighted by atomic mass is 16.5. The molecule has 6 rings (SSSR count). The summed E-state index contributed by atoms with van der Waals surface area (Å²) >= 11 is 0. The topological polar surface area (TPSA) is 133 Å². The van der Waals surface area contributed by atoms with E-state index in [9.17, 15) is 24.6 Å². The summed E-state index contributed by atoms with van der Waals surface area (Å²) < 4.78 is 6.41. The van der Waals surface area contributed by atoms with Gasteiger partial charge in [-0.05, 0) is 62.1 Å². The maximum Gasteiger partial charge on any atom is 0.339 e. The minimum Gasteiger partial charge on any atom is -0.506 e. The molecule has 32 heavy (non-hydrogen) atoms. The van der Waals surface area contributed by atoms with E-state index in [-0.39, 0.29) is 47.4 Å². The predicted molar refractivity (Wildman–Crippen MR) is 113 cm³/mol. The molecule has 4 N–H and O–H groups in total. The number of ketones is 1. The van der Waals surface area contributed by atoms with Crippen molar-refractivity contribution < 1.29 is 34.4 Å². The highest BCUT2D eigenvalue weighted by molar-refractivity contribution is 6.00. The summed E-state index contributed by atoms with van der Waals surface area (Å²) in [5.41, 5.74) is -1.75. The first kappa shape index (κ1) is 21.0. The number of carboxylic acid groups (broad SMARTS) is 1. The molecule has 8 heteroatoms. The van der Waals surface area contributed by atoms with Gasteiger partial charge in [0.2, 0.25) is 5.91 Å². The molecule has 0 unspecified atom stereocenters. The van der Waals surface area contributed by atoms with Crippen molar-refractivity contribution in [2.75, 3.05) is 5.32 Å². The Kier molecular flexibility index (Phi) is 4.31. The largest absolute Gasteiger partial charge is 0.506 e. The second-order valence-electron chi connectivity index (χ2n) is 10.3. The van der Waals surface area contributed by atoms with Crippen LogP contribution in [-0.2, 0) is 14.3 Å². The molecule has 170 valence electrons. The second-order valence-corrected chi connectivity index (χ2v) is 10.3. The number of rotatable bonds is 5. The van der Waals surface area contributed by atoms with Gasteiger partial charge >= 0.3 is 5.97 Å². The summed E-state index contributed by atoms with van der Waals surface area (Å²) in [6.45, 7) is 4.08. The number of benzene rings is 1. The SMILES string of the molecule is C[C@@]12C[C@]34C=CC(=O)[C@](C)(CCC(=O)Nc5c(O)ccc(C(=O)O)c5O)[C@H]3[C@@H](C[C@H]1C4)O2. The van der Waals surface area contributed by atoms with Gasteiger partial charge in [-0.2, -0.15) is 0 Å². The Labute approximate surface area is 185 Å². The van der Waals surface area contributed by atoms with E-state index >= 15 is 0 Å². The second kappa shape index (κ2) is 6.57. The lowest BCUT2D eigenvalue weighted by molar-refractivity contribution is -0.169. The van der Waals surface area contributed by atoms with Crippen LogP contribution in [0.4, 0.5) is 5.69 Å². The highest BCUT2D eigenvalue weighted by Crippen LogP contribution is 2.71. The molecular formula is C24H27NO7. The van der Waals surface area contributed by atoms with Crippen LogP contribution in [-0.4, -0.2) is 44.7 Å². The molecule has 3 aliphatic carbocycles.